The zero-order valence-corrected chi connectivity index (χ0v) is 9.10. The van der Waals surface area contributed by atoms with Gasteiger partial charge in [0.2, 0.25) is 5.91 Å². The number of hydrazine groups is 1. The second-order valence-electron chi connectivity index (χ2n) is 3.57. The van der Waals surface area contributed by atoms with Crippen LogP contribution < -0.4 is 11.2 Å². The van der Waals surface area contributed by atoms with Gasteiger partial charge >= 0.3 is 0 Å². The minimum atomic E-state index is -0.284. The maximum Gasteiger partial charge on any atom is 0.243 e. The molecule has 0 fully saturated rings. The van der Waals surface area contributed by atoms with Gasteiger partial charge in [0, 0.05) is 20.6 Å². The Morgan fingerprint density at radius 2 is 2.00 bits per heavy atom. The number of rotatable bonds is 4. The predicted octanol–water partition coefficient (Wildman–Crippen LogP) is 0.322. The third kappa shape index (κ3) is 3.34. The van der Waals surface area contributed by atoms with Gasteiger partial charge in [0.1, 0.15) is 0 Å². The first-order chi connectivity index (χ1) is 7.15. The number of nitrogens with zero attached hydrogens (tertiary/aromatic N) is 1. The average molecular weight is 207 g/mol. The number of benzene rings is 1. The number of carbonyl (C=O) groups excluding carboxylic acids is 1. The van der Waals surface area contributed by atoms with Crippen LogP contribution in [0.1, 0.15) is 11.5 Å². The van der Waals surface area contributed by atoms with E-state index in [9.17, 15) is 4.79 Å². The predicted molar refractivity (Wildman–Crippen MR) is 60.1 cm³/mol. The normalized spacial score (nSPS) is 12.5. The average Bonchev–Trinajstić information content (AvgIpc) is 2.19. The van der Waals surface area contributed by atoms with Crippen molar-refractivity contribution in [2.45, 2.75) is 5.92 Å². The lowest BCUT2D eigenvalue weighted by Gasteiger charge is -2.18. The summed E-state index contributed by atoms with van der Waals surface area (Å²) in [7, 11) is 3.55. The van der Waals surface area contributed by atoms with Gasteiger partial charge in [0.15, 0.2) is 0 Å². The molecule has 4 nitrogen and oxygen atoms in total. The number of hydrogen-bond donors (Lipinski definition) is 2. The largest absolute Gasteiger partial charge is 0.329 e. The molecule has 4 heteroatoms. The Kier molecular flexibility index (Phi) is 4.27. The van der Waals surface area contributed by atoms with E-state index in [0.717, 1.165) is 5.56 Å². The fourth-order valence-corrected chi connectivity index (χ4v) is 1.38. The molecule has 0 spiro atoms. The molecular weight excluding hydrogens is 190 g/mol. The molecule has 15 heavy (non-hydrogen) atoms. The first kappa shape index (κ1) is 11.7. The van der Waals surface area contributed by atoms with Gasteiger partial charge in [-0.05, 0) is 5.56 Å². The molecule has 0 radical (unpaired) electrons. The summed E-state index contributed by atoms with van der Waals surface area (Å²) in [6.07, 6.45) is 0. The van der Waals surface area contributed by atoms with Gasteiger partial charge in [-0.25, -0.2) is 5.01 Å². The van der Waals surface area contributed by atoms with Crippen LogP contribution in [0.25, 0.3) is 0 Å². The topological polar surface area (TPSA) is 58.4 Å². The van der Waals surface area contributed by atoms with Crippen molar-refractivity contribution in [3.05, 3.63) is 35.9 Å². The van der Waals surface area contributed by atoms with E-state index in [0.29, 0.717) is 6.54 Å². The molecule has 1 unspecified atom stereocenters. The SMILES string of the molecule is CN(C)NC(=O)C(CN)c1ccccc1. The highest BCUT2D eigenvalue weighted by Crippen LogP contribution is 2.13. The Labute approximate surface area is 90.0 Å². The molecule has 0 aliphatic rings. The second kappa shape index (κ2) is 5.48. The standard InChI is InChI=1S/C11H17N3O/c1-14(2)13-11(15)10(8-12)9-6-4-3-5-7-9/h3-7,10H,8,12H2,1-2H3,(H,13,15). The molecule has 0 heterocycles. The number of hydrogen-bond acceptors (Lipinski definition) is 3. The van der Waals surface area contributed by atoms with Gasteiger partial charge in [-0.1, -0.05) is 30.3 Å². The number of carbonyl (C=O) groups is 1. The van der Waals surface area contributed by atoms with Crippen LogP contribution in [0.4, 0.5) is 0 Å². The Balaban J connectivity index is 2.76. The molecule has 0 saturated heterocycles. The third-order valence-corrected chi connectivity index (χ3v) is 2.09. The summed E-state index contributed by atoms with van der Waals surface area (Å²) in [5, 5.41) is 1.62. The maximum absolute atomic E-state index is 11.8. The van der Waals surface area contributed by atoms with Crippen LogP contribution in [0.3, 0.4) is 0 Å². The lowest BCUT2D eigenvalue weighted by Crippen LogP contribution is -2.41. The molecule has 0 aliphatic carbocycles. The molecule has 82 valence electrons. The summed E-state index contributed by atoms with van der Waals surface area (Å²) in [6.45, 7) is 0.309. The van der Waals surface area contributed by atoms with Gasteiger partial charge in [-0.3, -0.25) is 10.2 Å². The lowest BCUT2D eigenvalue weighted by atomic mass is 9.99. The van der Waals surface area contributed by atoms with E-state index in [-0.39, 0.29) is 11.8 Å². The molecule has 0 bridgehead atoms. The fraction of sp³-hybridized carbons (Fsp3) is 0.364. The van der Waals surface area contributed by atoms with Crippen molar-refractivity contribution in [2.24, 2.45) is 5.73 Å². The van der Waals surface area contributed by atoms with Crippen LogP contribution >= 0.6 is 0 Å². The number of amides is 1. The van der Waals surface area contributed by atoms with Crippen molar-refractivity contribution < 1.29 is 4.79 Å². The molecule has 1 aromatic carbocycles. The Morgan fingerprint density at radius 3 is 2.47 bits per heavy atom. The molecule has 1 amide bonds. The summed E-state index contributed by atoms with van der Waals surface area (Å²) >= 11 is 0. The highest BCUT2D eigenvalue weighted by molar-refractivity contribution is 5.83. The molecular formula is C11H17N3O. The minimum Gasteiger partial charge on any atom is -0.329 e. The molecule has 0 saturated carbocycles. The zero-order valence-electron chi connectivity index (χ0n) is 9.10. The summed E-state index contributed by atoms with van der Waals surface area (Å²) in [6, 6.07) is 9.54. The fourth-order valence-electron chi connectivity index (χ4n) is 1.38. The van der Waals surface area contributed by atoms with Gasteiger partial charge in [-0.2, -0.15) is 0 Å². The quantitative estimate of drug-likeness (QED) is 0.699. The van der Waals surface area contributed by atoms with Crippen molar-refractivity contribution in [2.75, 3.05) is 20.6 Å². The van der Waals surface area contributed by atoms with Crippen molar-refractivity contribution in [1.29, 1.82) is 0 Å². The van der Waals surface area contributed by atoms with Gasteiger partial charge < -0.3 is 5.73 Å². The Hall–Kier alpha value is -1.39. The maximum atomic E-state index is 11.8. The molecule has 3 N–H and O–H groups in total. The number of nitrogens with two attached hydrogens (primary N) is 1. The number of nitrogens with one attached hydrogen (secondary N) is 1. The molecule has 0 aliphatic heterocycles. The smallest absolute Gasteiger partial charge is 0.243 e. The van der Waals surface area contributed by atoms with E-state index in [4.69, 9.17) is 5.73 Å². The van der Waals surface area contributed by atoms with Crippen LogP contribution in [-0.4, -0.2) is 31.6 Å². The third-order valence-electron chi connectivity index (χ3n) is 2.09. The summed E-state index contributed by atoms with van der Waals surface area (Å²) in [4.78, 5) is 11.8. The lowest BCUT2D eigenvalue weighted by molar-refractivity contribution is -0.126. The highest BCUT2D eigenvalue weighted by Gasteiger charge is 2.18. The van der Waals surface area contributed by atoms with E-state index in [1.54, 1.807) is 19.1 Å². The Morgan fingerprint density at radius 1 is 1.40 bits per heavy atom. The molecule has 1 atom stereocenters. The van der Waals surface area contributed by atoms with E-state index in [2.05, 4.69) is 5.43 Å². The molecule has 1 rings (SSSR count). The first-order valence-electron chi connectivity index (χ1n) is 4.88. The van der Waals surface area contributed by atoms with Gasteiger partial charge in [-0.15, -0.1) is 0 Å². The van der Waals surface area contributed by atoms with Gasteiger partial charge in [0.25, 0.3) is 0 Å². The zero-order chi connectivity index (χ0) is 11.3. The minimum absolute atomic E-state index is 0.0753. The van der Waals surface area contributed by atoms with Crippen LogP contribution in [-0.2, 0) is 4.79 Å². The van der Waals surface area contributed by atoms with Crippen LogP contribution in [0, 0.1) is 0 Å². The van der Waals surface area contributed by atoms with Crippen molar-refractivity contribution >= 4 is 5.91 Å². The first-order valence-corrected chi connectivity index (χ1v) is 4.88. The molecule has 0 aromatic heterocycles. The van der Waals surface area contributed by atoms with Crippen LogP contribution in [0.15, 0.2) is 30.3 Å². The van der Waals surface area contributed by atoms with E-state index < -0.39 is 0 Å². The summed E-state index contributed by atoms with van der Waals surface area (Å²) < 4.78 is 0. The van der Waals surface area contributed by atoms with Crippen LogP contribution in [0.2, 0.25) is 0 Å². The second-order valence-corrected chi connectivity index (χ2v) is 3.57. The summed E-state index contributed by atoms with van der Waals surface area (Å²) in [5.74, 6) is -0.359. The van der Waals surface area contributed by atoms with Crippen molar-refractivity contribution in [1.82, 2.24) is 10.4 Å². The van der Waals surface area contributed by atoms with Gasteiger partial charge in [0.05, 0.1) is 5.92 Å². The van der Waals surface area contributed by atoms with E-state index >= 15 is 0 Å². The highest BCUT2D eigenvalue weighted by atomic mass is 16.2. The van der Waals surface area contributed by atoms with E-state index in [1.165, 1.54) is 0 Å². The molecule has 1 aromatic rings. The van der Waals surface area contributed by atoms with Crippen LogP contribution in [0.5, 0.6) is 0 Å². The van der Waals surface area contributed by atoms with Crippen molar-refractivity contribution in [3.8, 4) is 0 Å². The monoisotopic (exact) mass is 207 g/mol. The van der Waals surface area contributed by atoms with Crippen molar-refractivity contribution in [3.63, 3.8) is 0 Å². The summed E-state index contributed by atoms with van der Waals surface area (Å²) in [5.41, 5.74) is 9.25. The van der Waals surface area contributed by atoms with E-state index in [1.807, 2.05) is 30.3 Å². The Bertz CT molecular complexity index is 311.